The van der Waals surface area contributed by atoms with Crippen LogP contribution in [0.3, 0.4) is 0 Å². The fraction of sp³-hybridized carbons (Fsp3) is 0.333. The number of hydrogen-bond acceptors (Lipinski definition) is 3. The van der Waals surface area contributed by atoms with Gasteiger partial charge in [-0.15, -0.1) is 0 Å². The lowest BCUT2D eigenvalue weighted by atomic mass is 9.98. The molecule has 0 heterocycles. The van der Waals surface area contributed by atoms with Gasteiger partial charge in [0.25, 0.3) is 5.91 Å². The van der Waals surface area contributed by atoms with Crippen LogP contribution in [0.25, 0.3) is 0 Å². The van der Waals surface area contributed by atoms with Crippen molar-refractivity contribution < 1.29 is 14.3 Å². The van der Waals surface area contributed by atoms with E-state index in [1.165, 1.54) is 0 Å². The lowest BCUT2D eigenvalue weighted by Gasteiger charge is -2.15. The molecule has 26 heavy (non-hydrogen) atoms. The highest BCUT2D eigenvalue weighted by atomic mass is 16.5. The maximum absolute atomic E-state index is 12.2. The second kappa shape index (κ2) is 9.61. The zero-order valence-corrected chi connectivity index (χ0v) is 15.5. The van der Waals surface area contributed by atoms with Gasteiger partial charge in [-0.1, -0.05) is 45.0 Å². The van der Waals surface area contributed by atoms with E-state index in [9.17, 15) is 9.59 Å². The van der Waals surface area contributed by atoms with E-state index < -0.39 is 0 Å². The molecule has 1 unspecified atom stereocenters. The summed E-state index contributed by atoms with van der Waals surface area (Å²) in [4.78, 5) is 23.7. The fourth-order valence-electron chi connectivity index (χ4n) is 2.50. The number of carbonyl (C=O) groups is 2. The van der Waals surface area contributed by atoms with Crippen LogP contribution in [-0.4, -0.2) is 18.4 Å². The Hall–Kier alpha value is -2.82. The molecule has 2 amide bonds. The van der Waals surface area contributed by atoms with Gasteiger partial charge in [-0.25, -0.2) is 0 Å². The van der Waals surface area contributed by atoms with Gasteiger partial charge in [0, 0.05) is 17.8 Å². The van der Waals surface area contributed by atoms with Gasteiger partial charge in [0.15, 0.2) is 6.61 Å². The van der Waals surface area contributed by atoms with Gasteiger partial charge in [0.2, 0.25) is 5.91 Å². The minimum Gasteiger partial charge on any atom is -0.483 e. The van der Waals surface area contributed by atoms with Crippen LogP contribution in [-0.2, 0) is 9.59 Å². The summed E-state index contributed by atoms with van der Waals surface area (Å²) >= 11 is 0. The van der Waals surface area contributed by atoms with E-state index >= 15 is 0 Å². The highest BCUT2D eigenvalue weighted by Crippen LogP contribution is 2.28. The van der Waals surface area contributed by atoms with Crippen LogP contribution < -0.4 is 15.4 Å². The number of hydrogen-bond donors (Lipinski definition) is 2. The maximum Gasteiger partial charge on any atom is 0.262 e. The summed E-state index contributed by atoms with van der Waals surface area (Å²) in [5, 5.41) is 5.56. The highest BCUT2D eigenvalue weighted by molar-refractivity contribution is 5.94. The Bertz CT molecular complexity index is 758. The molecule has 2 aromatic carbocycles. The van der Waals surface area contributed by atoms with Gasteiger partial charge in [0.05, 0.1) is 0 Å². The summed E-state index contributed by atoms with van der Waals surface area (Å²) in [7, 11) is 0. The number of para-hydroxylation sites is 1. The standard InChI is InChI=1S/C21H26N2O3/c1-4-15(3)18-11-6-7-12-19(18)26-14-21(25)23-17-10-8-9-16(13-17)22-20(24)5-2/h6-13,15H,4-5,14H2,1-3H3,(H,22,24)(H,23,25). The van der Waals surface area contributed by atoms with Gasteiger partial charge in [-0.3, -0.25) is 9.59 Å². The molecular formula is C21H26N2O3. The van der Waals surface area contributed by atoms with Gasteiger partial charge in [-0.05, 0) is 42.2 Å². The summed E-state index contributed by atoms with van der Waals surface area (Å²) < 4.78 is 5.72. The van der Waals surface area contributed by atoms with E-state index in [1.54, 1.807) is 31.2 Å². The van der Waals surface area contributed by atoms with Crippen molar-refractivity contribution in [2.75, 3.05) is 17.2 Å². The van der Waals surface area contributed by atoms with E-state index in [-0.39, 0.29) is 18.4 Å². The first-order valence-corrected chi connectivity index (χ1v) is 8.95. The molecule has 0 bridgehead atoms. The van der Waals surface area contributed by atoms with Crippen LogP contribution in [0.4, 0.5) is 11.4 Å². The SMILES string of the molecule is CCC(=O)Nc1cccc(NC(=O)COc2ccccc2C(C)CC)c1. The van der Waals surface area contributed by atoms with Crippen LogP contribution in [0.2, 0.25) is 0 Å². The Kier molecular flexibility index (Phi) is 7.21. The molecule has 2 aromatic rings. The maximum atomic E-state index is 12.2. The number of ether oxygens (including phenoxy) is 1. The van der Waals surface area contributed by atoms with Crippen molar-refractivity contribution in [1.29, 1.82) is 0 Å². The zero-order valence-electron chi connectivity index (χ0n) is 15.5. The first kappa shape index (κ1) is 19.5. The Morgan fingerprint density at radius 1 is 0.962 bits per heavy atom. The average Bonchev–Trinajstić information content (AvgIpc) is 2.66. The molecule has 0 radical (unpaired) electrons. The van der Waals surface area contributed by atoms with Crippen LogP contribution >= 0.6 is 0 Å². The number of carbonyl (C=O) groups excluding carboxylic acids is 2. The lowest BCUT2D eigenvalue weighted by molar-refractivity contribution is -0.118. The summed E-state index contributed by atoms with van der Waals surface area (Å²) in [6.45, 7) is 5.98. The lowest BCUT2D eigenvalue weighted by Crippen LogP contribution is -2.20. The minimum atomic E-state index is -0.247. The molecule has 0 spiro atoms. The Labute approximate surface area is 154 Å². The second-order valence-electron chi connectivity index (χ2n) is 6.17. The number of anilines is 2. The quantitative estimate of drug-likeness (QED) is 0.730. The third-order valence-electron chi connectivity index (χ3n) is 4.17. The Morgan fingerprint density at radius 3 is 2.27 bits per heavy atom. The van der Waals surface area contributed by atoms with Gasteiger partial charge in [0.1, 0.15) is 5.75 Å². The largest absolute Gasteiger partial charge is 0.483 e. The van der Waals surface area contributed by atoms with Gasteiger partial charge in [-0.2, -0.15) is 0 Å². The Morgan fingerprint density at radius 2 is 1.62 bits per heavy atom. The van der Waals surface area contributed by atoms with E-state index in [4.69, 9.17) is 4.74 Å². The molecule has 2 N–H and O–H groups in total. The molecule has 0 saturated carbocycles. The molecule has 0 aliphatic heterocycles. The number of amides is 2. The number of rotatable bonds is 8. The Balaban J connectivity index is 1.96. The first-order chi connectivity index (χ1) is 12.5. The van der Waals surface area contributed by atoms with Crippen LogP contribution in [0.15, 0.2) is 48.5 Å². The number of nitrogens with one attached hydrogen (secondary N) is 2. The molecule has 5 heteroatoms. The van der Waals surface area contributed by atoms with Crippen LogP contribution in [0.1, 0.15) is 45.1 Å². The molecule has 0 aliphatic rings. The summed E-state index contributed by atoms with van der Waals surface area (Å²) in [6, 6.07) is 14.8. The smallest absolute Gasteiger partial charge is 0.262 e. The molecule has 2 rings (SSSR count). The van der Waals surface area contributed by atoms with Crippen molar-refractivity contribution in [3.05, 3.63) is 54.1 Å². The first-order valence-electron chi connectivity index (χ1n) is 8.95. The number of benzene rings is 2. The molecule has 0 aliphatic carbocycles. The van der Waals surface area contributed by atoms with Crippen molar-refractivity contribution in [2.45, 2.75) is 39.5 Å². The van der Waals surface area contributed by atoms with E-state index in [2.05, 4.69) is 24.5 Å². The van der Waals surface area contributed by atoms with Crippen LogP contribution in [0, 0.1) is 0 Å². The van der Waals surface area contributed by atoms with Crippen molar-refractivity contribution in [3.63, 3.8) is 0 Å². The van der Waals surface area contributed by atoms with Gasteiger partial charge >= 0.3 is 0 Å². The monoisotopic (exact) mass is 354 g/mol. The second-order valence-corrected chi connectivity index (χ2v) is 6.17. The third-order valence-corrected chi connectivity index (χ3v) is 4.17. The van der Waals surface area contributed by atoms with E-state index in [0.717, 1.165) is 17.7 Å². The molecule has 0 saturated heterocycles. The predicted molar refractivity (Wildman–Crippen MR) is 105 cm³/mol. The normalized spacial score (nSPS) is 11.5. The molecule has 138 valence electrons. The minimum absolute atomic E-state index is 0.0704. The van der Waals surface area contributed by atoms with Crippen molar-refractivity contribution >= 4 is 23.2 Å². The summed E-state index contributed by atoms with van der Waals surface area (Å²) in [5.41, 5.74) is 2.37. The average molecular weight is 354 g/mol. The fourth-order valence-corrected chi connectivity index (χ4v) is 2.50. The molecule has 0 fully saturated rings. The zero-order chi connectivity index (χ0) is 18.9. The van der Waals surface area contributed by atoms with Crippen molar-refractivity contribution in [1.82, 2.24) is 0 Å². The highest BCUT2D eigenvalue weighted by Gasteiger charge is 2.11. The molecule has 5 nitrogen and oxygen atoms in total. The third kappa shape index (κ3) is 5.62. The van der Waals surface area contributed by atoms with Gasteiger partial charge < -0.3 is 15.4 Å². The van der Waals surface area contributed by atoms with Crippen molar-refractivity contribution in [2.24, 2.45) is 0 Å². The predicted octanol–water partition coefficient (Wildman–Crippen LogP) is 4.57. The van der Waals surface area contributed by atoms with Crippen molar-refractivity contribution in [3.8, 4) is 5.75 Å². The molecular weight excluding hydrogens is 328 g/mol. The molecule has 0 aromatic heterocycles. The van der Waals surface area contributed by atoms with E-state index in [0.29, 0.717) is 23.7 Å². The summed E-state index contributed by atoms with van der Waals surface area (Å²) in [5.74, 6) is 0.787. The van der Waals surface area contributed by atoms with Crippen LogP contribution in [0.5, 0.6) is 5.75 Å². The van der Waals surface area contributed by atoms with E-state index in [1.807, 2.05) is 24.3 Å². The summed E-state index contributed by atoms with van der Waals surface area (Å²) in [6.07, 6.45) is 1.41. The molecule has 1 atom stereocenters. The topological polar surface area (TPSA) is 67.4 Å².